The van der Waals surface area contributed by atoms with Crippen LogP contribution in [0.4, 0.5) is 0 Å². The first-order chi connectivity index (χ1) is 16.5. The van der Waals surface area contributed by atoms with Crippen LogP contribution in [0.2, 0.25) is 0 Å². The number of ether oxygens (including phenoxy) is 2. The van der Waals surface area contributed by atoms with Crippen LogP contribution in [0.15, 0.2) is 11.6 Å². The highest BCUT2D eigenvalue weighted by Crippen LogP contribution is 2.67. The SMILES string of the molecule is CC(=O)OC1CC2=CCC3C4CCC(C(C)CCCC(C)C)C4(C)CCC3C2(C)C(OC(C)=O)C1. The number of hydrogen-bond donors (Lipinski definition) is 0. The van der Waals surface area contributed by atoms with E-state index in [1.807, 2.05) is 0 Å². The molecule has 0 bridgehead atoms. The molecule has 4 nitrogen and oxygen atoms in total. The van der Waals surface area contributed by atoms with Gasteiger partial charge >= 0.3 is 11.9 Å². The summed E-state index contributed by atoms with van der Waals surface area (Å²) in [5.41, 5.74) is 1.65. The summed E-state index contributed by atoms with van der Waals surface area (Å²) in [6.07, 6.45) is 13.9. The Morgan fingerprint density at radius 3 is 2.37 bits per heavy atom. The lowest BCUT2D eigenvalue weighted by Crippen LogP contribution is -2.57. The molecule has 0 spiro atoms. The minimum atomic E-state index is -0.248. The van der Waals surface area contributed by atoms with Crippen LogP contribution in [0, 0.1) is 46.3 Å². The van der Waals surface area contributed by atoms with Gasteiger partial charge in [-0.2, -0.15) is 0 Å². The van der Waals surface area contributed by atoms with E-state index in [1.54, 1.807) is 0 Å². The topological polar surface area (TPSA) is 52.6 Å². The van der Waals surface area contributed by atoms with Crippen LogP contribution in [0.5, 0.6) is 0 Å². The lowest BCUT2D eigenvalue weighted by molar-refractivity contribution is -0.172. The van der Waals surface area contributed by atoms with Crippen LogP contribution in [0.25, 0.3) is 0 Å². The van der Waals surface area contributed by atoms with E-state index in [1.165, 1.54) is 64.4 Å². The molecular weight excluding hydrogens is 436 g/mol. The summed E-state index contributed by atoms with van der Waals surface area (Å²) in [6, 6.07) is 0. The highest BCUT2D eigenvalue weighted by molar-refractivity contribution is 5.67. The molecule has 0 radical (unpaired) electrons. The standard InChI is InChI=1S/C31H50O4/c1-19(2)9-8-10-20(3)26-13-14-27-25-12-11-23-17-24(34-21(4)32)18-29(35-22(5)33)31(23,7)28(25)15-16-30(26,27)6/h11,19-20,24-29H,8-10,12-18H2,1-7H3. The van der Waals surface area contributed by atoms with Gasteiger partial charge in [-0.05, 0) is 73.0 Å². The average Bonchev–Trinajstić information content (AvgIpc) is 3.11. The number of hydrogen-bond acceptors (Lipinski definition) is 4. The molecule has 35 heavy (non-hydrogen) atoms. The Hall–Kier alpha value is -1.32. The van der Waals surface area contributed by atoms with E-state index in [0.717, 1.165) is 36.5 Å². The molecular formula is C31H50O4. The summed E-state index contributed by atoms with van der Waals surface area (Å²) in [7, 11) is 0. The van der Waals surface area contributed by atoms with Crippen LogP contribution >= 0.6 is 0 Å². The zero-order chi connectivity index (χ0) is 25.5. The normalized spacial score (nSPS) is 41.3. The van der Waals surface area contributed by atoms with Crippen molar-refractivity contribution in [1.29, 1.82) is 0 Å². The maximum atomic E-state index is 12.1. The fraction of sp³-hybridized carbons (Fsp3) is 0.871. The predicted molar refractivity (Wildman–Crippen MR) is 140 cm³/mol. The van der Waals surface area contributed by atoms with Crippen molar-refractivity contribution < 1.29 is 19.1 Å². The van der Waals surface area contributed by atoms with Crippen molar-refractivity contribution in [3.05, 3.63) is 11.6 Å². The Bertz CT molecular complexity index is 830. The first kappa shape index (κ1) is 26.7. The second kappa shape index (κ2) is 10.2. The van der Waals surface area contributed by atoms with Crippen molar-refractivity contribution in [2.24, 2.45) is 46.3 Å². The molecule has 0 amide bonds. The van der Waals surface area contributed by atoms with E-state index in [9.17, 15) is 9.59 Å². The molecule has 0 N–H and O–H groups in total. The maximum Gasteiger partial charge on any atom is 0.302 e. The maximum absolute atomic E-state index is 12.1. The molecule has 0 heterocycles. The Morgan fingerprint density at radius 2 is 1.71 bits per heavy atom. The number of rotatable bonds is 7. The molecule has 4 rings (SSSR count). The highest BCUT2D eigenvalue weighted by atomic mass is 16.6. The fourth-order valence-electron chi connectivity index (χ4n) is 9.38. The number of esters is 2. The van der Waals surface area contributed by atoms with Crippen LogP contribution in [-0.2, 0) is 19.1 Å². The van der Waals surface area contributed by atoms with Crippen molar-refractivity contribution in [1.82, 2.24) is 0 Å². The Morgan fingerprint density at radius 1 is 1.00 bits per heavy atom. The van der Waals surface area contributed by atoms with Crippen LogP contribution in [0.1, 0.15) is 113 Å². The zero-order valence-corrected chi connectivity index (χ0v) is 23.4. The second-order valence-corrected chi connectivity index (χ2v) is 13.4. The third-order valence-electron chi connectivity index (χ3n) is 11.0. The van der Waals surface area contributed by atoms with Gasteiger partial charge in [0.15, 0.2) is 0 Å². The summed E-state index contributed by atoms with van der Waals surface area (Å²) >= 11 is 0. The number of carbonyl (C=O) groups excluding carboxylic acids is 2. The van der Waals surface area contributed by atoms with Gasteiger partial charge in [0.1, 0.15) is 12.2 Å². The molecule has 9 unspecified atom stereocenters. The van der Waals surface area contributed by atoms with Gasteiger partial charge in [0.05, 0.1) is 0 Å². The van der Waals surface area contributed by atoms with Crippen molar-refractivity contribution in [2.45, 2.75) is 125 Å². The summed E-state index contributed by atoms with van der Waals surface area (Å²) in [4.78, 5) is 23.9. The molecule has 0 saturated heterocycles. The average molecular weight is 487 g/mol. The highest BCUT2D eigenvalue weighted by Gasteiger charge is 2.62. The molecule has 0 aromatic rings. The van der Waals surface area contributed by atoms with Crippen molar-refractivity contribution >= 4 is 11.9 Å². The molecule has 3 saturated carbocycles. The smallest absolute Gasteiger partial charge is 0.302 e. The molecule has 3 fully saturated rings. The van der Waals surface area contributed by atoms with Gasteiger partial charge in [0, 0.05) is 32.1 Å². The molecule has 4 aliphatic rings. The number of allylic oxidation sites excluding steroid dienone is 1. The molecule has 198 valence electrons. The van der Waals surface area contributed by atoms with Crippen LogP contribution in [-0.4, -0.2) is 24.1 Å². The van der Waals surface area contributed by atoms with Gasteiger partial charge < -0.3 is 9.47 Å². The molecule has 0 aliphatic heterocycles. The molecule has 9 atom stereocenters. The summed E-state index contributed by atoms with van der Waals surface area (Å²) in [5.74, 6) is 3.94. The minimum Gasteiger partial charge on any atom is -0.462 e. The summed E-state index contributed by atoms with van der Waals surface area (Å²) < 4.78 is 11.6. The monoisotopic (exact) mass is 486 g/mol. The minimum absolute atomic E-state index is 0.145. The molecule has 0 aromatic carbocycles. The first-order valence-corrected chi connectivity index (χ1v) is 14.5. The van der Waals surface area contributed by atoms with Crippen molar-refractivity contribution in [2.75, 3.05) is 0 Å². The number of fused-ring (bicyclic) bond motifs is 5. The van der Waals surface area contributed by atoms with Gasteiger partial charge in [0.25, 0.3) is 0 Å². The molecule has 4 aliphatic carbocycles. The fourth-order valence-corrected chi connectivity index (χ4v) is 9.38. The summed E-state index contributed by atoms with van der Waals surface area (Å²) in [6.45, 7) is 15.2. The van der Waals surface area contributed by atoms with Crippen molar-refractivity contribution in [3.8, 4) is 0 Å². The molecule has 0 aromatic heterocycles. The van der Waals surface area contributed by atoms with Gasteiger partial charge in [-0.1, -0.05) is 65.5 Å². The zero-order valence-electron chi connectivity index (χ0n) is 23.4. The van der Waals surface area contributed by atoms with Gasteiger partial charge in [-0.15, -0.1) is 0 Å². The van der Waals surface area contributed by atoms with E-state index < -0.39 is 0 Å². The van der Waals surface area contributed by atoms with E-state index in [4.69, 9.17) is 9.47 Å². The van der Waals surface area contributed by atoms with Gasteiger partial charge in [-0.3, -0.25) is 9.59 Å². The van der Waals surface area contributed by atoms with Gasteiger partial charge in [-0.25, -0.2) is 0 Å². The van der Waals surface area contributed by atoms with E-state index in [2.05, 4.69) is 40.7 Å². The summed E-state index contributed by atoms with van der Waals surface area (Å²) in [5, 5.41) is 0. The van der Waals surface area contributed by atoms with E-state index in [0.29, 0.717) is 23.7 Å². The largest absolute Gasteiger partial charge is 0.462 e. The molecule has 4 heteroatoms. The third kappa shape index (κ3) is 4.97. The Labute approximate surface area is 214 Å². The first-order valence-electron chi connectivity index (χ1n) is 14.5. The van der Waals surface area contributed by atoms with E-state index in [-0.39, 0.29) is 29.6 Å². The lowest BCUT2D eigenvalue weighted by Gasteiger charge is -2.60. The van der Waals surface area contributed by atoms with Crippen LogP contribution in [0.3, 0.4) is 0 Å². The Kier molecular flexibility index (Phi) is 7.80. The second-order valence-electron chi connectivity index (χ2n) is 13.4. The Balaban J connectivity index is 1.56. The van der Waals surface area contributed by atoms with Crippen LogP contribution < -0.4 is 0 Å². The third-order valence-corrected chi connectivity index (χ3v) is 11.0. The van der Waals surface area contributed by atoms with E-state index >= 15 is 0 Å². The quantitative estimate of drug-likeness (QED) is 0.276. The predicted octanol–water partition coefficient (Wildman–Crippen LogP) is 7.50. The number of carbonyl (C=O) groups is 2. The lowest BCUT2D eigenvalue weighted by atomic mass is 9.46. The van der Waals surface area contributed by atoms with Gasteiger partial charge in [0.2, 0.25) is 0 Å². The van der Waals surface area contributed by atoms with Crippen molar-refractivity contribution in [3.63, 3.8) is 0 Å².